The van der Waals surface area contributed by atoms with Gasteiger partial charge in [0.25, 0.3) is 5.91 Å². The largest absolute Gasteiger partial charge is 0.364 e. The number of aryl methyl sites for hydroxylation is 1. The Morgan fingerprint density at radius 1 is 1.17 bits per heavy atom. The van der Waals surface area contributed by atoms with E-state index in [1.54, 1.807) is 6.20 Å². The lowest BCUT2D eigenvalue weighted by atomic mass is 9.83. The minimum absolute atomic E-state index is 0.0548. The second-order valence-electron chi connectivity index (χ2n) is 10.8. The molecule has 0 spiro atoms. The van der Waals surface area contributed by atoms with Crippen LogP contribution in [0.5, 0.6) is 0 Å². The van der Waals surface area contributed by atoms with Gasteiger partial charge in [0.1, 0.15) is 5.82 Å². The number of Topliss-reactive ketones (excluding diaryl/α,β-unsaturated/α-hetero) is 1. The highest BCUT2D eigenvalue weighted by Gasteiger charge is 2.31. The van der Waals surface area contributed by atoms with Crippen LogP contribution < -0.4 is 16.0 Å². The fourth-order valence-electron chi connectivity index (χ4n) is 4.83. The van der Waals surface area contributed by atoms with Gasteiger partial charge in [-0.05, 0) is 42.7 Å². The second-order valence-corrected chi connectivity index (χ2v) is 10.8. The van der Waals surface area contributed by atoms with E-state index in [9.17, 15) is 9.59 Å². The van der Waals surface area contributed by atoms with Crippen LogP contribution in [0.4, 0.5) is 17.3 Å². The van der Waals surface area contributed by atoms with Crippen molar-refractivity contribution in [1.29, 1.82) is 0 Å². The van der Waals surface area contributed by atoms with Crippen LogP contribution in [0.2, 0.25) is 0 Å². The highest BCUT2D eigenvalue weighted by molar-refractivity contribution is 5.97. The molecular weight excluding hydrogens is 452 g/mol. The maximum absolute atomic E-state index is 13.1. The number of piperidine rings is 1. The van der Waals surface area contributed by atoms with Gasteiger partial charge in [-0.1, -0.05) is 45.0 Å². The molecule has 2 aromatic heterocycles. The van der Waals surface area contributed by atoms with Gasteiger partial charge in [0, 0.05) is 44.0 Å². The summed E-state index contributed by atoms with van der Waals surface area (Å²) < 4.78 is 1.90. The first-order valence-corrected chi connectivity index (χ1v) is 12.5. The van der Waals surface area contributed by atoms with Crippen molar-refractivity contribution >= 4 is 29.0 Å². The number of aromatic nitrogens is 3. The average molecular weight is 489 g/mol. The molecule has 8 heteroatoms. The van der Waals surface area contributed by atoms with Crippen LogP contribution in [0.1, 0.15) is 73.4 Å². The monoisotopic (exact) mass is 488 g/mol. The second kappa shape index (κ2) is 10.1. The van der Waals surface area contributed by atoms with E-state index in [2.05, 4.69) is 55.0 Å². The SMILES string of the molecule is C[C@@H]1[C@H](CC(=O)c2ccc(C(C)(C)C)cc2)CCCN1c1cnc(C(N)=O)c(Nc2ccn(C)c2)n1. The number of nitrogens with zero attached hydrogens (tertiary/aromatic N) is 4. The molecule has 3 heterocycles. The number of anilines is 3. The van der Waals surface area contributed by atoms with Gasteiger partial charge in [-0.2, -0.15) is 0 Å². The first-order valence-electron chi connectivity index (χ1n) is 12.5. The quantitative estimate of drug-likeness (QED) is 0.461. The Bertz CT molecular complexity index is 1240. The Hall–Kier alpha value is -3.68. The summed E-state index contributed by atoms with van der Waals surface area (Å²) in [4.78, 5) is 36.4. The number of ketones is 1. The van der Waals surface area contributed by atoms with E-state index in [0.717, 1.165) is 30.6 Å². The fraction of sp³-hybridized carbons (Fsp3) is 0.429. The van der Waals surface area contributed by atoms with Crippen molar-refractivity contribution in [3.8, 4) is 0 Å². The molecule has 0 saturated carbocycles. The van der Waals surface area contributed by atoms with Crippen molar-refractivity contribution in [2.24, 2.45) is 18.7 Å². The molecule has 1 fully saturated rings. The molecule has 0 unspecified atom stereocenters. The number of amides is 1. The van der Waals surface area contributed by atoms with Crippen LogP contribution in [0, 0.1) is 5.92 Å². The lowest BCUT2D eigenvalue weighted by Crippen LogP contribution is -2.44. The van der Waals surface area contributed by atoms with Crippen molar-refractivity contribution in [1.82, 2.24) is 14.5 Å². The van der Waals surface area contributed by atoms with E-state index >= 15 is 0 Å². The molecule has 0 bridgehead atoms. The highest BCUT2D eigenvalue weighted by Crippen LogP contribution is 2.32. The van der Waals surface area contributed by atoms with Crippen LogP contribution in [-0.2, 0) is 12.5 Å². The molecule has 4 rings (SSSR count). The van der Waals surface area contributed by atoms with E-state index in [1.807, 2.05) is 42.2 Å². The van der Waals surface area contributed by atoms with Gasteiger partial charge in [-0.25, -0.2) is 9.97 Å². The maximum Gasteiger partial charge on any atom is 0.271 e. The van der Waals surface area contributed by atoms with E-state index in [4.69, 9.17) is 10.7 Å². The van der Waals surface area contributed by atoms with Crippen LogP contribution in [0.3, 0.4) is 0 Å². The number of carbonyl (C=O) groups is 2. The molecule has 1 amide bonds. The summed E-state index contributed by atoms with van der Waals surface area (Å²) in [5.41, 5.74) is 8.47. The van der Waals surface area contributed by atoms with E-state index < -0.39 is 5.91 Å². The van der Waals surface area contributed by atoms with Crippen molar-refractivity contribution in [2.45, 2.75) is 58.4 Å². The highest BCUT2D eigenvalue weighted by atomic mass is 16.1. The Balaban J connectivity index is 1.51. The molecule has 8 nitrogen and oxygen atoms in total. The minimum atomic E-state index is -0.639. The van der Waals surface area contributed by atoms with Crippen molar-refractivity contribution in [3.63, 3.8) is 0 Å². The molecule has 0 aliphatic carbocycles. The van der Waals surface area contributed by atoms with E-state index in [1.165, 1.54) is 5.56 Å². The Labute approximate surface area is 212 Å². The number of carbonyl (C=O) groups excluding carboxylic acids is 2. The van der Waals surface area contributed by atoms with E-state index in [-0.39, 0.29) is 28.9 Å². The zero-order valence-corrected chi connectivity index (χ0v) is 21.8. The Kier molecular flexibility index (Phi) is 7.15. The first-order chi connectivity index (χ1) is 17.0. The van der Waals surface area contributed by atoms with Crippen LogP contribution in [0.15, 0.2) is 48.9 Å². The zero-order chi connectivity index (χ0) is 26.0. The summed E-state index contributed by atoms with van der Waals surface area (Å²) in [5.74, 6) is 0.709. The van der Waals surface area contributed by atoms with Crippen LogP contribution >= 0.6 is 0 Å². The standard InChI is InChI=1S/C28H36N6O2/c1-18-20(15-23(35)19-8-10-21(11-9-19)28(2,3)4)7-6-13-34(18)24-16-30-25(26(29)36)27(32-24)31-22-12-14-33(5)17-22/h8-12,14,16-18,20H,6-7,13,15H2,1-5H3,(H2,29,36)(H,31,32)/t18-,20+/m1/s1. The summed E-state index contributed by atoms with van der Waals surface area (Å²) in [6.07, 6.45) is 7.79. The topological polar surface area (TPSA) is 106 Å². The predicted octanol–water partition coefficient (Wildman–Crippen LogP) is 4.83. The Morgan fingerprint density at radius 2 is 1.89 bits per heavy atom. The number of nitrogens with one attached hydrogen (secondary N) is 1. The van der Waals surface area contributed by atoms with Crippen LogP contribution in [0.25, 0.3) is 0 Å². The third kappa shape index (κ3) is 5.58. The normalized spacial score (nSPS) is 18.2. The van der Waals surface area contributed by atoms with Crippen molar-refractivity contribution < 1.29 is 9.59 Å². The summed E-state index contributed by atoms with van der Waals surface area (Å²) in [6, 6.07) is 9.99. The van der Waals surface area contributed by atoms with Crippen molar-refractivity contribution in [3.05, 3.63) is 65.7 Å². The van der Waals surface area contributed by atoms with Gasteiger partial charge in [0.05, 0.1) is 11.9 Å². The predicted molar refractivity (Wildman–Crippen MR) is 143 cm³/mol. The molecule has 1 aliphatic heterocycles. The fourth-order valence-corrected chi connectivity index (χ4v) is 4.83. The van der Waals surface area contributed by atoms with E-state index in [0.29, 0.717) is 18.1 Å². The number of hydrogen-bond acceptors (Lipinski definition) is 6. The van der Waals surface area contributed by atoms with Gasteiger partial charge < -0.3 is 20.5 Å². The summed E-state index contributed by atoms with van der Waals surface area (Å²) in [5, 5.41) is 3.17. The molecule has 190 valence electrons. The summed E-state index contributed by atoms with van der Waals surface area (Å²) >= 11 is 0. The molecule has 1 saturated heterocycles. The third-order valence-electron chi connectivity index (χ3n) is 7.05. The number of primary amides is 1. The number of rotatable bonds is 7. The zero-order valence-electron chi connectivity index (χ0n) is 21.8. The van der Waals surface area contributed by atoms with Crippen LogP contribution in [-0.4, -0.2) is 38.8 Å². The summed E-state index contributed by atoms with van der Waals surface area (Å²) in [6.45, 7) is 9.45. The van der Waals surface area contributed by atoms with Gasteiger partial charge in [-0.15, -0.1) is 0 Å². The lowest BCUT2D eigenvalue weighted by Gasteiger charge is -2.40. The van der Waals surface area contributed by atoms with Gasteiger partial charge >= 0.3 is 0 Å². The lowest BCUT2D eigenvalue weighted by molar-refractivity contribution is 0.0944. The van der Waals surface area contributed by atoms with Gasteiger partial charge in [0.15, 0.2) is 17.3 Å². The molecule has 1 aliphatic rings. The van der Waals surface area contributed by atoms with Gasteiger partial charge in [0.2, 0.25) is 0 Å². The smallest absolute Gasteiger partial charge is 0.271 e. The molecule has 3 N–H and O–H groups in total. The molecule has 0 radical (unpaired) electrons. The molecular formula is C28H36N6O2. The molecule has 2 atom stereocenters. The van der Waals surface area contributed by atoms with Crippen molar-refractivity contribution in [2.75, 3.05) is 16.8 Å². The summed E-state index contributed by atoms with van der Waals surface area (Å²) in [7, 11) is 1.91. The average Bonchev–Trinajstić information content (AvgIpc) is 3.24. The molecule has 1 aromatic carbocycles. The first kappa shape index (κ1) is 25.4. The number of benzene rings is 1. The Morgan fingerprint density at radius 3 is 2.50 bits per heavy atom. The maximum atomic E-state index is 13.1. The minimum Gasteiger partial charge on any atom is -0.364 e. The number of hydrogen-bond donors (Lipinski definition) is 2. The third-order valence-corrected chi connectivity index (χ3v) is 7.05. The molecule has 3 aromatic rings. The number of nitrogens with two attached hydrogens (primary N) is 1. The van der Waals surface area contributed by atoms with Gasteiger partial charge in [-0.3, -0.25) is 9.59 Å². The molecule has 36 heavy (non-hydrogen) atoms.